The van der Waals surface area contributed by atoms with E-state index in [4.69, 9.17) is 10.9 Å². The molecule has 5 N–H and O–H groups in total. The SMILES string of the molecule is CC(CC(N)=NO)NC(=O)c1ccccc1O. The number of oxime groups is 1. The fraction of sp³-hybridized carbons (Fsp3) is 0.273. The number of amides is 1. The lowest BCUT2D eigenvalue weighted by atomic mass is 10.1. The second kappa shape index (κ2) is 5.74. The summed E-state index contributed by atoms with van der Waals surface area (Å²) in [6.07, 6.45) is 0.232. The molecule has 0 aliphatic rings. The highest BCUT2D eigenvalue weighted by Gasteiger charge is 2.13. The van der Waals surface area contributed by atoms with Crippen molar-refractivity contribution in [3.63, 3.8) is 0 Å². The maximum absolute atomic E-state index is 11.7. The Labute approximate surface area is 98.7 Å². The number of hydrogen-bond acceptors (Lipinski definition) is 4. The van der Waals surface area contributed by atoms with Crippen LogP contribution in [-0.2, 0) is 0 Å². The smallest absolute Gasteiger partial charge is 0.255 e. The van der Waals surface area contributed by atoms with Crippen LogP contribution in [-0.4, -0.2) is 28.1 Å². The van der Waals surface area contributed by atoms with Crippen LogP contribution in [0.3, 0.4) is 0 Å². The molecule has 0 spiro atoms. The third-order valence-corrected chi connectivity index (χ3v) is 2.17. The Morgan fingerprint density at radius 1 is 1.53 bits per heavy atom. The molecule has 0 fully saturated rings. The summed E-state index contributed by atoms with van der Waals surface area (Å²) in [5, 5.41) is 23.3. The van der Waals surface area contributed by atoms with Gasteiger partial charge in [-0.1, -0.05) is 17.3 Å². The van der Waals surface area contributed by atoms with E-state index in [1.165, 1.54) is 12.1 Å². The third-order valence-electron chi connectivity index (χ3n) is 2.17. The first-order chi connectivity index (χ1) is 8.04. The highest BCUT2D eigenvalue weighted by Crippen LogP contribution is 2.15. The number of phenols is 1. The number of carbonyl (C=O) groups excluding carboxylic acids is 1. The Hall–Kier alpha value is -2.24. The summed E-state index contributed by atoms with van der Waals surface area (Å²) < 4.78 is 0. The van der Waals surface area contributed by atoms with Crippen LogP contribution < -0.4 is 11.1 Å². The van der Waals surface area contributed by atoms with Gasteiger partial charge in [-0.3, -0.25) is 4.79 Å². The lowest BCUT2D eigenvalue weighted by Crippen LogP contribution is -2.35. The maximum Gasteiger partial charge on any atom is 0.255 e. The number of para-hydroxylation sites is 1. The first-order valence-corrected chi connectivity index (χ1v) is 5.10. The van der Waals surface area contributed by atoms with E-state index in [0.717, 1.165) is 0 Å². The molecule has 0 saturated heterocycles. The largest absolute Gasteiger partial charge is 0.507 e. The quantitative estimate of drug-likeness (QED) is 0.267. The molecule has 1 rings (SSSR count). The Balaban J connectivity index is 2.64. The van der Waals surface area contributed by atoms with Crippen molar-refractivity contribution in [2.45, 2.75) is 19.4 Å². The van der Waals surface area contributed by atoms with Gasteiger partial charge in [0, 0.05) is 12.5 Å². The lowest BCUT2D eigenvalue weighted by molar-refractivity contribution is 0.0938. The third kappa shape index (κ3) is 3.67. The molecule has 0 aliphatic heterocycles. The molecule has 92 valence electrons. The number of hydrogen-bond donors (Lipinski definition) is 4. The molecule has 0 heterocycles. The van der Waals surface area contributed by atoms with Gasteiger partial charge in [-0.05, 0) is 19.1 Å². The fourth-order valence-electron chi connectivity index (χ4n) is 1.37. The van der Waals surface area contributed by atoms with Crippen molar-refractivity contribution in [3.05, 3.63) is 29.8 Å². The topological polar surface area (TPSA) is 108 Å². The predicted octanol–water partition coefficient (Wildman–Crippen LogP) is 0.647. The minimum Gasteiger partial charge on any atom is -0.507 e. The normalized spacial score (nSPS) is 13.1. The molecule has 0 bridgehead atoms. The van der Waals surface area contributed by atoms with Crippen molar-refractivity contribution in [2.24, 2.45) is 10.9 Å². The number of aromatic hydroxyl groups is 1. The van der Waals surface area contributed by atoms with Crippen LogP contribution in [0.25, 0.3) is 0 Å². The predicted molar refractivity (Wildman–Crippen MR) is 63.1 cm³/mol. The van der Waals surface area contributed by atoms with Crippen molar-refractivity contribution >= 4 is 11.7 Å². The van der Waals surface area contributed by atoms with E-state index < -0.39 is 5.91 Å². The molecule has 17 heavy (non-hydrogen) atoms. The van der Waals surface area contributed by atoms with Crippen molar-refractivity contribution < 1.29 is 15.1 Å². The lowest BCUT2D eigenvalue weighted by Gasteiger charge is -2.13. The zero-order valence-corrected chi connectivity index (χ0v) is 9.42. The van der Waals surface area contributed by atoms with E-state index in [1.807, 2.05) is 0 Å². The average Bonchev–Trinajstić information content (AvgIpc) is 2.29. The fourth-order valence-corrected chi connectivity index (χ4v) is 1.37. The monoisotopic (exact) mass is 237 g/mol. The van der Waals surface area contributed by atoms with Crippen LogP contribution in [0.4, 0.5) is 0 Å². The summed E-state index contributed by atoms with van der Waals surface area (Å²) in [5.41, 5.74) is 5.51. The van der Waals surface area contributed by atoms with E-state index in [2.05, 4.69) is 10.5 Å². The van der Waals surface area contributed by atoms with Crippen molar-refractivity contribution in [2.75, 3.05) is 0 Å². The molecule has 6 heteroatoms. The van der Waals surface area contributed by atoms with Gasteiger partial charge in [-0.15, -0.1) is 0 Å². The highest BCUT2D eigenvalue weighted by molar-refractivity contribution is 5.97. The summed E-state index contributed by atoms with van der Waals surface area (Å²) in [5.74, 6) is -0.447. The number of nitrogens with zero attached hydrogens (tertiary/aromatic N) is 1. The number of benzene rings is 1. The van der Waals surface area contributed by atoms with Crippen molar-refractivity contribution in [1.82, 2.24) is 5.32 Å². The van der Waals surface area contributed by atoms with E-state index in [1.54, 1.807) is 19.1 Å². The van der Waals surface area contributed by atoms with Crippen LogP contribution >= 0.6 is 0 Å². The van der Waals surface area contributed by atoms with Gasteiger partial charge >= 0.3 is 0 Å². The molecule has 1 aromatic carbocycles. The number of amidine groups is 1. The van der Waals surface area contributed by atoms with E-state index in [9.17, 15) is 9.90 Å². The van der Waals surface area contributed by atoms with Crippen LogP contribution in [0.2, 0.25) is 0 Å². The Kier molecular flexibility index (Phi) is 4.33. The molecular weight excluding hydrogens is 222 g/mol. The second-order valence-corrected chi connectivity index (χ2v) is 3.69. The summed E-state index contributed by atoms with van der Waals surface area (Å²) >= 11 is 0. The second-order valence-electron chi connectivity index (χ2n) is 3.69. The summed E-state index contributed by atoms with van der Waals surface area (Å²) in [4.78, 5) is 11.7. The number of phenolic OH excluding ortho intramolecular Hbond substituents is 1. The van der Waals surface area contributed by atoms with Gasteiger partial charge < -0.3 is 21.4 Å². The number of carbonyl (C=O) groups is 1. The van der Waals surface area contributed by atoms with Gasteiger partial charge in [0.1, 0.15) is 11.6 Å². The van der Waals surface area contributed by atoms with Crippen LogP contribution in [0.15, 0.2) is 29.4 Å². The van der Waals surface area contributed by atoms with Gasteiger partial charge in [0.2, 0.25) is 0 Å². The Bertz CT molecular complexity index is 432. The molecule has 1 unspecified atom stereocenters. The molecule has 0 saturated carbocycles. The van der Waals surface area contributed by atoms with Gasteiger partial charge in [0.15, 0.2) is 0 Å². The number of nitrogens with two attached hydrogens (primary N) is 1. The van der Waals surface area contributed by atoms with Crippen LogP contribution in [0, 0.1) is 0 Å². The first kappa shape index (κ1) is 12.8. The van der Waals surface area contributed by atoms with Gasteiger partial charge in [-0.2, -0.15) is 0 Å². The minimum absolute atomic E-state index is 0.0371. The zero-order valence-electron chi connectivity index (χ0n) is 9.42. The van der Waals surface area contributed by atoms with Crippen molar-refractivity contribution in [3.8, 4) is 5.75 Å². The number of nitrogens with one attached hydrogen (secondary N) is 1. The molecule has 0 aromatic heterocycles. The first-order valence-electron chi connectivity index (χ1n) is 5.10. The molecule has 0 aliphatic carbocycles. The molecule has 1 atom stereocenters. The van der Waals surface area contributed by atoms with Gasteiger partial charge in [0.05, 0.1) is 5.56 Å². The zero-order chi connectivity index (χ0) is 12.8. The van der Waals surface area contributed by atoms with Gasteiger partial charge in [0.25, 0.3) is 5.91 Å². The number of rotatable bonds is 4. The van der Waals surface area contributed by atoms with Crippen LogP contribution in [0.5, 0.6) is 5.75 Å². The molecule has 0 radical (unpaired) electrons. The van der Waals surface area contributed by atoms with E-state index in [-0.39, 0.29) is 29.6 Å². The van der Waals surface area contributed by atoms with Crippen molar-refractivity contribution in [1.29, 1.82) is 0 Å². The maximum atomic E-state index is 11.7. The minimum atomic E-state index is -0.402. The molecule has 1 amide bonds. The Morgan fingerprint density at radius 3 is 2.76 bits per heavy atom. The van der Waals surface area contributed by atoms with Crippen LogP contribution in [0.1, 0.15) is 23.7 Å². The summed E-state index contributed by atoms with van der Waals surface area (Å²) in [6, 6.07) is 5.94. The van der Waals surface area contributed by atoms with Gasteiger partial charge in [-0.25, -0.2) is 0 Å². The molecular formula is C11H15N3O3. The Morgan fingerprint density at radius 2 is 2.18 bits per heavy atom. The molecule has 6 nitrogen and oxygen atoms in total. The summed E-state index contributed by atoms with van der Waals surface area (Å²) in [6.45, 7) is 1.72. The van der Waals surface area contributed by atoms with E-state index >= 15 is 0 Å². The highest BCUT2D eigenvalue weighted by atomic mass is 16.4. The van der Waals surface area contributed by atoms with E-state index in [0.29, 0.717) is 0 Å². The molecule has 1 aromatic rings. The standard InChI is InChI=1S/C11H15N3O3/c1-7(6-10(12)14-17)13-11(16)8-4-2-3-5-9(8)15/h2-5,7,15,17H,6H2,1H3,(H2,12,14)(H,13,16). The average molecular weight is 237 g/mol. The summed E-state index contributed by atoms with van der Waals surface area (Å²) in [7, 11) is 0.